The smallest absolute Gasteiger partial charge is 0.246 e. The third kappa shape index (κ3) is 4.37. The molecule has 0 spiro atoms. The number of hydrogen-bond acceptors (Lipinski definition) is 7. The van der Waals surface area contributed by atoms with Gasteiger partial charge < -0.3 is 25.2 Å². The van der Waals surface area contributed by atoms with Crippen LogP contribution in [-0.4, -0.2) is 71.1 Å². The lowest BCUT2D eigenvalue weighted by Crippen LogP contribution is -2.60. The van der Waals surface area contributed by atoms with Gasteiger partial charge in [0, 0.05) is 38.1 Å². The molecule has 1 fully saturated rings. The first-order valence-corrected chi connectivity index (χ1v) is 7.57. The minimum atomic E-state index is -1.36. The normalized spacial score (nSPS) is 24.6. The highest BCUT2D eigenvalue weighted by Gasteiger charge is 2.41. The second kappa shape index (κ2) is 7.20. The third-order valence-corrected chi connectivity index (χ3v) is 3.95. The Morgan fingerprint density at radius 2 is 2.13 bits per heavy atom. The molecule has 0 saturated carbocycles. The number of amides is 1. The highest BCUT2D eigenvalue weighted by Crippen LogP contribution is 2.25. The van der Waals surface area contributed by atoms with Gasteiger partial charge in [0.05, 0.1) is 0 Å². The predicted octanol–water partition coefficient (Wildman–Crippen LogP) is -0.842. The summed E-state index contributed by atoms with van der Waals surface area (Å²) in [7, 11) is 1.42. The van der Waals surface area contributed by atoms with Gasteiger partial charge >= 0.3 is 0 Å². The molecule has 2 heterocycles. The van der Waals surface area contributed by atoms with Crippen molar-refractivity contribution in [1.82, 2.24) is 15.3 Å². The standard InChI is InChI=1S/C15H24N4O4/c1-10-6-11(2)18-14(17-10)19-5-4-15(22,12(20)7-19)9-16-13(21)8-23-3/h6,12,20,22H,4-5,7-9H2,1-3H3,(H,16,21)/t12-,15-/m1/s1. The summed E-state index contributed by atoms with van der Waals surface area (Å²) in [5.41, 5.74) is 0.350. The van der Waals surface area contributed by atoms with Gasteiger partial charge in [-0.05, 0) is 26.3 Å². The minimum absolute atomic E-state index is 0.0160. The number of ether oxygens (including phenoxy) is 1. The molecule has 128 valence electrons. The van der Waals surface area contributed by atoms with Crippen molar-refractivity contribution >= 4 is 11.9 Å². The fourth-order valence-electron chi connectivity index (χ4n) is 2.64. The summed E-state index contributed by atoms with van der Waals surface area (Å²) in [5, 5.41) is 23.4. The van der Waals surface area contributed by atoms with Gasteiger partial charge in [-0.15, -0.1) is 0 Å². The van der Waals surface area contributed by atoms with Crippen molar-refractivity contribution < 1.29 is 19.7 Å². The average Bonchev–Trinajstić information content (AvgIpc) is 2.48. The third-order valence-electron chi connectivity index (χ3n) is 3.95. The lowest BCUT2D eigenvalue weighted by atomic mass is 9.88. The summed E-state index contributed by atoms with van der Waals surface area (Å²) in [6, 6.07) is 1.88. The van der Waals surface area contributed by atoms with Crippen LogP contribution in [0.25, 0.3) is 0 Å². The molecule has 1 saturated heterocycles. The minimum Gasteiger partial charge on any atom is -0.388 e. The quantitative estimate of drug-likeness (QED) is 0.648. The summed E-state index contributed by atoms with van der Waals surface area (Å²) in [5.74, 6) is 0.222. The molecule has 0 radical (unpaired) electrons. The van der Waals surface area contributed by atoms with Gasteiger partial charge in [-0.25, -0.2) is 9.97 Å². The molecule has 1 aliphatic rings. The van der Waals surface area contributed by atoms with Crippen LogP contribution in [0.5, 0.6) is 0 Å². The predicted molar refractivity (Wildman–Crippen MR) is 84.2 cm³/mol. The maximum atomic E-state index is 11.4. The van der Waals surface area contributed by atoms with E-state index < -0.39 is 11.7 Å². The van der Waals surface area contributed by atoms with E-state index in [-0.39, 0.29) is 25.6 Å². The lowest BCUT2D eigenvalue weighted by Gasteiger charge is -2.42. The number of hydrogen-bond donors (Lipinski definition) is 3. The molecule has 8 nitrogen and oxygen atoms in total. The fourth-order valence-corrected chi connectivity index (χ4v) is 2.64. The molecule has 1 aromatic rings. The first-order chi connectivity index (χ1) is 10.8. The number of nitrogens with zero attached hydrogens (tertiary/aromatic N) is 3. The Hall–Kier alpha value is -1.77. The lowest BCUT2D eigenvalue weighted by molar-refractivity contribution is -0.128. The summed E-state index contributed by atoms with van der Waals surface area (Å²) in [4.78, 5) is 22.0. The maximum absolute atomic E-state index is 11.4. The number of nitrogens with one attached hydrogen (secondary N) is 1. The van der Waals surface area contributed by atoms with Gasteiger partial charge in [0.2, 0.25) is 11.9 Å². The van der Waals surface area contributed by atoms with Crippen LogP contribution < -0.4 is 10.2 Å². The number of methoxy groups -OCH3 is 1. The van der Waals surface area contributed by atoms with Crippen LogP contribution >= 0.6 is 0 Å². The molecule has 3 N–H and O–H groups in total. The van der Waals surface area contributed by atoms with Crippen LogP contribution in [0.4, 0.5) is 5.95 Å². The van der Waals surface area contributed by atoms with Crippen molar-refractivity contribution in [3.8, 4) is 0 Å². The number of aromatic nitrogens is 2. The molecule has 1 amide bonds. The van der Waals surface area contributed by atoms with Crippen LogP contribution in [0.2, 0.25) is 0 Å². The number of aliphatic hydroxyl groups excluding tert-OH is 1. The summed E-state index contributed by atoms with van der Waals surface area (Å²) in [6.07, 6.45) is -0.707. The van der Waals surface area contributed by atoms with Gasteiger partial charge in [-0.1, -0.05) is 0 Å². The number of rotatable bonds is 5. The van der Waals surface area contributed by atoms with Crippen molar-refractivity contribution in [1.29, 1.82) is 0 Å². The van der Waals surface area contributed by atoms with Crippen LogP contribution in [0.1, 0.15) is 17.8 Å². The number of carbonyl (C=O) groups excluding carboxylic acids is 1. The number of β-amino-alcohol motifs (C(OH)–C–C–N with tert-alkyl or cyclic N) is 1. The average molecular weight is 324 g/mol. The number of piperidine rings is 1. The summed E-state index contributed by atoms with van der Waals surface area (Å²) in [6.45, 7) is 4.39. The molecule has 23 heavy (non-hydrogen) atoms. The topological polar surface area (TPSA) is 108 Å². The van der Waals surface area contributed by atoms with Gasteiger partial charge in [0.15, 0.2) is 0 Å². The van der Waals surface area contributed by atoms with Gasteiger partial charge in [0.1, 0.15) is 18.3 Å². The molecule has 8 heteroatoms. The Labute approximate surface area is 135 Å². The van der Waals surface area contributed by atoms with Gasteiger partial charge in [0.25, 0.3) is 0 Å². The number of aliphatic hydroxyl groups is 2. The van der Waals surface area contributed by atoms with E-state index in [9.17, 15) is 15.0 Å². The monoisotopic (exact) mass is 324 g/mol. The Balaban J connectivity index is 1.99. The molecular formula is C15H24N4O4. The molecule has 0 bridgehead atoms. The van der Waals surface area contributed by atoms with Crippen molar-refractivity contribution in [2.75, 3.05) is 38.3 Å². The molecule has 0 aromatic carbocycles. The van der Waals surface area contributed by atoms with E-state index in [0.29, 0.717) is 18.9 Å². The first-order valence-electron chi connectivity index (χ1n) is 7.57. The van der Waals surface area contributed by atoms with Crippen LogP contribution in [0.15, 0.2) is 6.07 Å². The van der Waals surface area contributed by atoms with Gasteiger partial charge in [-0.2, -0.15) is 0 Å². The zero-order chi connectivity index (χ0) is 17.0. The summed E-state index contributed by atoms with van der Waals surface area (Å²) >= 11 is 0. The maximum Gasteiger partial charge on any atom is 0.246 e. The fraction of sp³-hybridized carbons (Fsp3) is 0.667. The van der Waals surface area contributed by atoms with Crippen molar-refractivity contribution in [3.05, 3.63) is 17.5 Å². The van der Waals surface area contributed by atoms with E-state index in [0.717, 1.165) is 11.4 Å². The van der Waals surface area contributed by atoms with E-state index in [4.69, 9.17) is 4.74 Å². The van der Waals surface area contributed by atoms with Crippen molar-refractivity contribution in [2.45, 2.75) is 32.0 Å². The molecule has 2 rings (SSSR count). The highest BCUT2D eigenvalue weighted by atomic mass is 16.5. The van der Waals surface area contributed by atoms with E-state index >= 15 is 0 Å². The van der Waals surface area contributed by atoms with Crippen molar-refractivity contribution in [2.24, 2.45) is 0 Å². The molecule has 0 unspecified atom stereocenters. The van der Waals surface area contributed by atoms with Gasteiger partial charge in [-0.3, -0.25) is 4.79 Å². The Morgan fingerprint density at radius 3 is 2.70 bits per heavy atom. The zero-order valence-electron chi connectivity index (χ0n) is 13.7. The number of aryl methyl sites for hydroxylation is 2. The molecule has 1 aromatic heterocycles. The first kappa shape index (κ1) is 17.6. The molecule has 1 aliphatic heterocycles. The van der Waals surface area contributed by atoms with E-state index in [2.05, 4.69) is 15.3 Å². The Morgan fingerprint density at radius 1 is 1.48 bits per heavy atom. The van der Waals surface area contributed by atoms with E-state index in [1.54, 1.807) is 0 Å². The van der Waals surface area contributed by atoms with Crippen LogP contribution in [0, 0.1) is 13.8 Å². The zero-order valence-corrected chi connectivity index (χ0v) is 13.7. The Kier molecular flexibility index (Phi) is 5.51. The Bertz CT molecular complexity index is 548. The number of carbonyl (C=O) groups is 1. The van der Waals surface area contributed by atoms with Crippen LogP contribution in [-0.2, 0) is 9.53 Å². The van der Waals surface area contributed by atoms with E-state index in [1.807, 2.05) is 24.8 Å². The SMILES string of the molecule is COCC(=O)NC[C@]1(O)CCN(c2nc(C)cc(C)n2)C[C@H]1O. The molecule has 2 atom stereocenters. The highest BCUT2D eigenvalue weighted by molar-refractivity contribution is 5.77. The number of anilines is 1. The molecule has 0 aliphatic carbocycles. The van der Waals surface area contributed by atoms with E-state index in [1.165, 1.54) is 7.11 Å². The van der Waals surface area contributed by atoms with Crippen molar-refractivity contribution in [3.63, 3.8) is 0 Å². The second-order valence-electron chi connectivity index (χ2n) is 5.98. The second-order valence-corrected chi connectivity index (χ2v) is 5.98. The molecular weight excluding hydrogens is 300 g/mol. The summed E-state index contributed by atoms with van der Waals surface area (Å²) < 4.78 is 4.72. The van der Waals surface area contributed by atoms with Crippen LogP contribution in [0.3, 0.4) is 0 Å². The largest absolute Gasteiger partial charge is 0.388 e.